The SMILES string of the molecule is CCN(CC)c1cc(C)c(N=C2C=CC(=O)C=C2)c(C)c1. The molecule has 0 heterocycles. The van der Waals surface area contributed by atoms with Crippen LogP contribution in [0.5, 0.6) is 0 Å². The van der Waals surface area contributed by atoms with Gasteiger partial charge in [-0.3, -0.25) is 4.79 Å². The highest BCUT2D eigenvalue weighted by Crippen LogP contribution is 2.30. The molecule has 0 N–H and O–H groups in total. The summed E-state index contributed by atoms with van der Waals surface area (Å²) in [5.74, 6) is 0.0132. The summed E-state index contributed by atoms with van der Waals surface area (Å²) in [7, 11) is 0. The monoisotopic (exact) mass is 282 g/mol. The van der Waals surface area contributed by atoms with E-state index in [1.807, 2.05) is 0 Å². The second kappa shape index (κ2) is 6.53. The number of benzene rings is 1. The molecule has 3 nitrogen and oxygen atoms in total. The third-order valence-corrected chi connectivity index (χ3v) is 3.68. The fourth-order valence-electron chi connectivity index (χ4n) is 2.53. The minimum atomic E-state index is 0.0132. The summed E-state index contributed by atoms with van der Waals surface area (Å²) in [4.78, 5) is 18.2. The summed E-state index contributed by atoms with van der Waals surface area (Å²) in [6, 6.07) is 4.36. The van der Waals surface area contributed by atoms with Gasteiger partial charge in [0.1, 0.15) is 0 Å². The summed E-state index contributed by atoms with van der Waals surface area (Å²) in [5.41, 5.74) is 5.36. The summed E-state index contributed by atoms with van der Waals surface area (Å²) < 4.78 is 0. The Morgan fingerprint density at radius 2 is 1.48 bits per heavy atom. The zero-order valence-electron chi connectivity index (χ0n) is 13.2. The summed E-state index contributed by atoms with van der Waals surface area (Å²) in [6.45, 7) is 10.5. The molecule has 1 aromatic rings. The lowest BCUT2D eigenvalue weighted by atomic mass is 10.1. The molecule has 0 saturated heterocycles. The second-order valence-corrected chi connectivity index (χ2v) is 5.21. The molecular weight excluding hydrogens is 260 g/mol. The van der Waals surface area contributed by atoms with Crippen LogP contribution in [0.25, 0.3) is 0 Å². The van der Waals surface area contributed by atoms with Gasteiger partial charge in [0.25, 0.3) is 0 Å². The summed E-state index contributed by atoms with van der Waals surface area (Å²) >= 11 is 0. The molecule has 0 fully saturated rings. The van der Waals surface area contributed by atoms with Gasteiger partial charge in [0, 0.05) is 18.8 Å². The van der Waals surface area contributed by atoms with E-state index in [0.29, 0.717) is 0 Å². The molecule has 0 aromatic heterocycles. The van der Waals surface area contributed by atoms with Crippen LogP contribution < -0.4 is 4.90 Å². The summed E-state index contributed by atoms with van der Waals surface area (Å²) in [6.07, 6.45) is 6.63. The van der Waals surface area contributed by atoms with E-state index in [9.17, 15) is 4.79 Å². The average molecular weight is 282 g/mol. The highest BCUT2D eigenvalue weighted by atomic mass is 16.1. The van der Waals surface area contributed by atoms with Gasteiger partial charge in [-0.1, -0.05) is 0 Å². The highest BCUT2D eigenvalue weighted by molar-refractivity contribution is 6.17. The van der Waals surface area contributed by atoms with Crippen LogP contribution in [0.15, 0.2) is 41.4 Å². The van der Waals surface area contributed by atoms with Crippen molar-refractivity contribution in [1.29, 1.82) is 0 Å². The molecule has 1 aromatic carbocycles. The van der Waals surface area contributed by atoms with Gasteiger partial charge in [-0.25, -0.2) is 4.99 Å². The zero-order chi connectivity index (χ0) is 15.4. The van der Waals surface area contributed by atoms with Crippen molar-refractivity contribution in [3.8, 4) is 0 Å². The first-order valence-corrected chi connectivity index (χ1v) is 7.40. The van der Waals surface area contributed by atoms with Crippen molar-refractivity contribution >= 4 is 22.9 Å². The minimum absolute atomic E-state index is 0.0132. The minimum Gasteiger partial charge on any atom is -0.372 e. The van der Waals surface area contributed by atoms with E-state index in [1.165, 1.54) is 5.69 Å². The van der Waals surface area contributed by atoms with Crippen LogP contribution in [-0.2, 0) is 4.79 Å². The van der Waals surface area contributed by atoms with Crippen LogP contribution in [0, 0.1) is 13.8 Å². The Kier molecular flexibility index (Phi) is 4.73. The Labute approximate surface area is 126 Å². The molecular formula is C18H22N2O. The second-order valence-electron chi connectivity index (χ2n) is 5.21. The Morgan fingerprint density at radius 1 is 0.952 bits per heavy atom. The van der Waals surface area contributed by atoms with Gasteiger partial charge in [0.2, 0.25) is 0 Å². The Balaban J connectivity index is 2.38. The van der Waals surface area contributed by atoms with Crippen molar-refractivity contribution in [1.82, 2.24) is 0 Å². The maximum absolute atomic E-state index is 11.1. The number of carbonyl (C=O) groups is 1. The van der Waals surface area contributed by atoms with Gasteiger partial charge in [-0.15, -0.1) is 0 Å². The molecule has 0 bridgehead atoms. The zero-order valence-corrected chi connectivity index (χ0v) is 13.2. The number of allylic oxidation sites excluding steroid dienone is 4. The smallest absolute Gasteiger partial charge is 0.178 e. The third kappa shape index (κ3) is 3.48. The quantitative estimate of drug-likeness (QED) is 0.784. The van der Waals surface area contributed by atoms with E-state index in [4.69, 9.17) is 0 Å². The van der Waals surface area contributed by atoms with Gasteiger partial charge >= 0.3 is 0 Å². The maximum atomic E-state index is 11.1. The fraction of sp³-hybridized carbons (Fsp3) is 0.333. The van der Waals surface area contributed by atoms with Crippen LogP contribution in [0.1, 0.15) is 25.0 Å². The molecule has 3 heteroatoms. The average Bonchev–Trinajstić information content (AvgIpc) is 2.46. The number of rotatable bonds is 4. The lowest BCUT2D eigenvalue weighted by Gasteiger charge is -2.23. The topological polar surface area (TPSA) is 32.7 Å². The molecule has 0 amide bonds. The van der Waals surface area contributed by atoms with Crippen molar-refractivity contribution in [3.05, 3.63) is 47.6 Å². The van der Waals surface area contributed by atoms with Crippen LogP contribution in [0.2, 0.25) is 0 Å². The molecule has 0 spiro atoms. The number of anilines is 1. The first-order chi connectivity index (χ1) is 10.0. The van der Waals surface area contributed by atoms with E-state index in [0.717, 1.165) is 35.6 Å². The first-order valence-electron chi connectivity index (χ1n) is 7.40. The predicted molar refractivity (Wildman–Crippen MR) is 89.9 cm³/mol. The lowest BCUT2D eigenvalue weighted by Crippen LogP contribution is -2.21. The predicted octanol–water partition coefficient (Wildman–Crippen LogP) is 3.92. The van der Waals surface area contributed by atoms with E-state index in [-0.39, 0.29) is 5.78 Å². The van der Waals surface area contributed by atoms with Crippen LogP contribution in [0.4, 0.5) is 11.4 Å². The number of aliphatic imine (C=N–C) groups is 1. The molecule has 0 atom stereocenters. The van der Waals surface area contributed by atoms with Gasteiger partial charge in [-0.05, 0) is 75.3 Å². The summed E-state index contributed by atoms with van der Waals surface area (Å²) in [5, 5.41) is 0. The van der Waals surface area contributed by atoms with Crippen molar-refractivity contribution in [2.75, 3.05) is 18.0 Å². The largest absolute Gasteiger partial charge is 0.372 e. The third-order valence-electron chi connectivity index (χ3n) is 3.68. The van der Waals surface area contributed by atoms with Crippen LogP contribution in [0.3, 0.4) is 0 Å². The molecule has 0 unspecified atom stereocenters. The Bertz CT molecular complexity index is 594. The maximum Gasteiger partial charge on any atom is 0.178 e. The van der Waals surface area contributed by atoms with Crippen LogP contribution >= 0.6 is 0 Å². The van der Waals surface area contributed by atoms with Crippen molar-refractivity contribution in [3.63, 3.8) is 0 Å². The van der Waals surface area contributed by atoms with Gasteiger partial charge in [-0.2, -0.15) is 0 Å². The van der Waals surface area contributed by atoms with Crippen molar-refractivity contribution < 1.29 is 4.79 Å². The molecule has 2 rings (SSSR count). The first kappa shape index (κ1) is 15.2. The van der Waals surface area contributed by atoms with Crippen molar-refractivity contribution in [2.45, 2.75) is 27.7 Å². The van der Waals surface area contributed by atoms with Gasteiger partial charge in [0.15, 0.2) is 5.78 Å². The fourth-order valence-corrected chi connectivity index (χ4v) is 2.53. The van der Waals surface area contributed by atoms with E-state index >= 15 is 0 Å². The number of hydrogen-bond acceptors (Lipinski definition) is 3. The number of aryl methyl sites for hydroxylation is 2. The number of hydrogen-bond donors (Lipinski definition) is 0. The number of nitrogens with zero attached hydrogens (tertiary/aromatic N) is 2. The van der Waals surface area contributed by atoms with Gasteiger partial charge in [0.05, 0.1) is 11.4 Å². The Morgan fingerprint density at radius 3 is 1.95 bits per heavy atom. The number of carbonyl (C=O) groups excluding carboxylic acids is 1. The van der Waals surface area contributed by atoms with E-state index in [2.05, 4.69) is 49.7 Å². The normalized spacial score (nSPS) is 13.7. The van der Waals surface area contributed by atoms with E-state index < -0.39 is 0 Å². The molecule has 0 radical (unpaired) electrons. The number of ketones is 1. The molecule has 0 aliphatic heterocycles. The molecule has 1 aliphatic rings. The van der Waals surface area contributed by atoms with Gasteiger partial charge < -0.3 is 4.90 Å². The standard InChI is InChI=1S/C18H22N2O/c1-5-20(6-2)16-11-13(3)18(14(4)12-16)19-15-7-9-17(21)10-8-15/h7-12H,5-6H2,1-4H3. The lowest BCUT2D eigenvalue weighted by molar-refractivity contribution is -0.110. The van der Waals surface area contributed by atoms with Crippen LogP contribution in [-0.4, -0.2) is 24.6 Å². The molecule has 0 saturated carbocycles. The molecule has 21 heavy (non-hydrogen) atoms. The molecule has 1 aliphatic carbocycles. The van der Waals surface area contributed by atoms with E-state index in [1.54, 1.807) is 24.3 Å². The Hall–Kier alpha value is -2.16. The molecule has 110 valence electrons. The van der Waals surface area contributed by atoms with Crippen molar-refractivity contribution in [2.24, 2.45) is 4.99 Å². The highest BCUT2D eigenvalue weighted by Gasteiger charge is 2.09.